The summed E-state index contributed by atoms with van der Waals surface area (Å²) in [5.41, 5.74) is 4.96. The van der Waals surface area contributed by atoms with Gasteiger partial charge in [0.05, 0.1) is 48.2 Å². The van der Waals surface area contributed by atoms with Gasteiger partial charge in [-0.2, -0.15) is 0 Å². The van der Waals surface area contributed by atoms with Crippen LogP contribution < -0.4 is 10.4 Å². The number of aliphatic hydroxyl groups is 1. The molecule has 164 valence electrons. The number of cyclic esters (lactones) is 1. The molecule has 2 atom stereocenters. The molecule has 0 saturated carbocycles. The fraction of sp³-hybridized carbons (Fsp3) is 0.238. The van der Waals surface area contributed by atoms with Crippen LogP contribution in [0.15, 0.2) is 54.9 Å². The molecule has 1 unspecified atom stereocenters. The van der Waals surface area contributed by atoms with Gasteiger partial charge in [-0.3, -0.25) is 19.9 Å². The lowest BCUT2D eigenvalue weighted by Gasteiger charge is -2.21. The number of amides is 1. The fourth-order valence-electron chi connectivity index (χ4n) is 3.67. The van der Waals surface area contributed by atoms with Gasteiger partial charge < -0.3 is 9.84 Å². The van der Waals surface area contributed by atoms with Crippen LogP contribution in [-0.4, -0.2) is 56.5 Å². The maximum atomic E-state index is 15.1. The zero-order chi connectivity index (χ0) is 22.1. The molecule has 10 nitrogen and oxygen atoms in total. The summed E-state index contributed by atoms with van der Waals surface area (Å²) < 4.78 is 21.9. The molecule has 4 heterocycles. The first-order valence-electron chi connectivity index (χ1n) is 9.94. The number of nitrogens with zero attached hydrogens (tertiary/aromatic N) is 5. The molecule has 1 fully saturated rings. The summed E-state index contributed by atoms with van der Waals surface area (Å²) >= 11 is 0. The third-order valence-corrected chi connectivity index (χ3v) is 5.22. The Morgan fingerprint density at radius 2 is 2.12 bits per heavy atom. The predicted octanol–water partition coefficient (Wildman–Crippen LogP) is 1.74. The number of hydrogen-bond donors (Lipinski definition) is 2. The molecule has 1 saturated heterocycles. The van der Waals surface area contributed by atoms with Crippen LogP contribution >= 0.6 is 0 Å². The number of anilines is 1. The number of hydrogen-bond acceptors (Lipinski definition) is 8. The van der Waals surface area contributed by atoms with Gasteiger partial charge in [0.2, 0.25) is 0 Å². The minimum absolute atomic E-state index is 0.164. The Morgan fingerprint density at radius 1 is 1.25 bits per heavy atom. The number of carbonyl (C=O) groups is 1. The highest BCUT2D eigenvalue weighted by Gasteiger charge is 2.35. The van der Waals surface area contributed by atoms with E-state index in [-0.39, 0.29) is 24.8 Å². The Morgan fingerprint density at radius 3 is 2.88 bits per heavy atom. The normalized spacial score (nSPS) is 20.2. The Bertz CT molecular complexity index is 1170. The fourth-order valence-corrected chi connectivity index (χ4v) is 3.67. The number of hydroxylamine groups is 1. The Hall–Kier alpha value is -3.83. The monoisotopic (exact) mass is 438 g/mol. The first kappa shape index (κ1) is 20.1. The summed E-state index contributed by atoms with van der Waals surface area (Å²) in [7, 11) is 0. The van der Waals surface area contributed by atoms with Crippen molar-refractivity contribution in [2.24, 2.45) is 0 Å². The van der Waals surface area contributed by atoms with Gasteiger partial charge in [-0.25, -0.2) is 14.2 Å². The standard InChI is InChI=1S/C21H19FN6O4/c22-17-8-13(28-14(12-31-21(28)30)10-27-7-6-23-26-27)4-5-16(17)18-2-1-3-19(24-18)20-9-15(11-29)32-25-20/h1-9,14-15,25,29H,10-12H2/t14?,15-/m0/s1. The van der Waals surface area contributed by atoms with E-state index < -0.39 is 18.0 Å². The maximum absolute atomic E-state index is 15.1. The molecular formula is C21H19FN6O4. The second-order valence-electron chi connectivity index (χ2n) is 7.32. The average Bonchev–Trinajstić information content (AvgIpc) is 3.56. The second kappa shape index (κ2) is 8.36. The number of benzene rings is 1. The number of ether oxygens (including phenoxy) is 1. The van der Waals surface area contributed by atoms with Gasteiger partial charge in [0, 0.05) is 11.8 Å². The molecule has 0 spiro atoms. The summed E-state index contributed by atoms with van der Waals surface area (Å²) in [6.07, 6.45) is 3.94. The zero-order valence-electron chi connectivity index (χ0n) is 16.8. The smallest absolute Gasteiger partial charge is 0.414 e. The van der Waals surface area contributed by atoms with Gasteiger partial charge in [-0.05, 0) is 36.4 Å². The van der Waals surface area contributed by atoms with Crippen LogP contribution in [0.5, 0.6) is 0 Å². The lowest BCUT2D eigenvalue weighted by molar-refractivity contribution is 0.0172. The highest BCUT2D eigenvalue weighted by molar-refractivity contribution is 5.90. The molecule has 0 radical (unpaired) electrons. The highest BCUT2D eigenvalue weighted by atomic mass is 19.1. The average molecular weight is 438 g/mol. The van der Waals surface area contributed by atoms with E-state index >= 15 is 4.39 Å². The van der Waals surface area contributed by atoms with E-state index in [9.17, 15) is 9.90 Å². The zero-order valence-corrected chi connectivity index (χ0v) is 16.8. The SMILES string of the molecule is O=C1OCC(Cn2ccnn2)N1c1ccc(-c2cccc(C3=C[C@@H](CO)ON3)n2)c(F)c1. The lowest BCUT2D eigenvalue weighted by atomic mass is 10.1. The molecule has 2 aliphatic heterocycles. The molecule has 32 heavy (non-hydrogen) atoms. The van der Waals surface area contributed by atoms with E-state index in [1.165, 1.54) is 11.0 Å². The molecule has 5 rings (SSSR count). The predicted molar refractivity (Wildman–Crippen MR) is 110 cm³/mol. The molecule has 11 heteroatoms. The van der Waals surface area contributed by atoms with Crippen molar-refractivity contribution in [1.29, 1.82) is 0 Å². The molecule has 0 bridgehead atoms. The molecule has 2 aromatic heterocycles. The minimum Gasteiger partial charge on any atom is -0.447 e. The Labute approximate surface area is 181 Å². The van der Waals surface area contributed by atoms with Crippen molar-refractivity contribution in [3.8, 4) is 11.3 Å². The van der Waals surface area contributed by atoms with Crippen molar-refractivity contribution in [3.05, 3.63) is 66.4 Å². The highest BCUT2D eigenvalue weighted by Crippen LogP contribution is 2.30. The van der Waals surface area contributed by atoms with Crippen molar-refractivity contribution < 1.29 is 23.9 Å². The summed E-state index contributed by atoms with van der Waals surface area (Å²) in [6, 6.07) is 9.40. The van der Waals surface area contributed by atoms with Crippen molar-refractivity contribution in [2.75, 3.05) is 18.1 Å². The number of nitrogens with one attached hydrogen (secondary N) is 1. The van der Waals surface area contributed by atoms with Gasteiger partial charge in [0.1, 0.15) is 18.5 Å². The molecule has 1 aromatic carbocycles. The minimum atomic E-state index is -0.542. The Kier molecular flexibility index (Phi) is 5.25. The van der Waals surface area contributed by atoms with Crippen LogP contribution in [0.1, 0.15) is 5.69 Å². The number of halogens is 1. The number of carbonyl (C=O) groups excluding carboxylic acids is 1. The van der Waals surface area contributed by atoms with Gasteiger partial charge in [0.15, 0.2) is 0 Å². The topological polar surface area (TPSA) is 115 Å². The quantitative estimate of drug-likeness (QED) is 0.598. The number of rotatable bonds is 6. The van der Waals surface area contributed by atoms with E-state index in [0.717, 1.165) is 0 Å². The summed E-state index contributed by atoms with van der Waals surface area (Å²) in [5.74, 6) is -0.524. The van der Waals surface area contributed by atoms with Crippen molar-refractivity contribution in [3.63, 3.8) is 0 Å². The summed E-state index contributed by atoms with van der Waals surface area (Å²) in [6.45, 7) is 0.380. The van der Waals surface area contributed by atoms with Gasteiger partial charge >= 0.3 is 6.09 Å². The van der Waals surface area contributed by atoms with Gasteiger partial charge in [-0.1, -0.05) is 11.3 Å². The van der Waals surface area contributed by atoms with E-state index in [4.69, 9.17) is 9.57 Å². The van der Waals surface area contributed by atoms with Crippen molar-refractivity contribution in [2.45, 2.75) is 18.7 Å². The van der Waals surface area contributed by atoms with Crippen LogP contribution in [0.4, 0.5) is 14.9 Å². The van der Waals surface area contributed by atoms with Crippen LogP contribution in [0.25, 0.3) is 17.0 Å². The second-order valence-corrected chi connectivity index (χ2v) is 7.32. The third kappa shape index (κ3) is 3.79. The molecule has 0 aliphatic carbocycles. The molecule has 1 amide bonds. The number of aliphatic hydroxyl groups excluding tert-OH is 1. The van der Waals surface area contributed by atoms with Crippen LogP contribution in [0.3, 0.4) is 0 Å². The Balaban J connectivity index is 1.41. The molecule has 3 aromatic rings. The summed E-state index contributed by atoms with van der Waals surface area (Å²) in [5, 5.41) is 16.9. The lowest BCUT2D eigenvalue weighted by Crippen LogP contribution is -2.36. The molecule has 2 N–H and O–H groups in total. The first-order valence-corrected chi connectivity index (χ1v) is 9.94. The van der Waals surface area contributed by atoms with Crippen LogP contribution in [0.2, 0.25) is 0 Å². The van der Waals surface area contributed by atoms with E-state index in [2.05, 4.69) is 20.8 Å². The van der Waals surface area contributed by atoms with Crippen LogP contribution in [-0.2, 0) is 16.1 Å². The van der Waals surface area contributed by atoms with Gasteiger partial charge in [0.25, 0.3) is 0 Å². The van der Waals surface area contributed by atoms with Crippen LogP contribution in [0, 0.1) is 5.82 Å². The summed E-state index contributed by atoms with van der Waals surface area (Å²) in [4.78, 5) is 23.4. The largest absolute Gasteiger partial charge is 0.447 e. The van der Waals surface area contributed by atoms with Crippen molar-refractivity contribution in [1.82, 2.24) is 25.5 Å². The van der Waals surface area contributed by atoms with E-state index in [1.54, 1.807) is 53.5 Å². The van der Waals surface area contributed by atoms with E-state index in [0.29, 0.717) is 29.3 Å². The number of aromatic nitrogens is 4. The van der Waals surface area contributed by atoms with E-state index in [1.807, 2.05) is 0 Å². The molecular weight excluding hydrogens is 419 g/mol. The first-order chi connectivity index (χ1) is 15.6. The molecule has 2 aliphatic rings. The third-order valence-electron chi connectivity index (χ3n) is 5.22. The number of pyridine rings is 1. The van der Waals surface area contributed by atoms with Crippen molar-refractivity contribution >= 4 is 17.5 Å². The van der Waals surface area contributed by atoms with Gasteiger partial charge in [-0.15, -0.1) is 5.10 Å². The maximum Gasteiger partial charge on any atom is 0.414 e.